The van der Waals surface area contributed by atoms with Crippen molar-refractivity contribution in [2.45, 2.75) is 30.5 Å². The summed E-state index contributed by atoms with van der Waals surface area (Å²) in [5.41, 5.74) is -0.0387. The lowest BCUT2D eigenvalue weighted by Crippen LogP contribution is -2.38. The number of aliphatic hydroxyl groups is 1. The van der Waals surface area contributed by atoms with Crippen molar-refractivity contribution in [1.29, 1.82) is 0 Å². The van der Waals surface area contributed by atoms with E-state index in [4.69, 9.17) is 30.1 Å². The molecule has 1 aromatic heterocycles. The monoisotopic (exact) mass is 584 g/mol. The predicted octanol–water partition coefficient (Wildman–Crippen LogP) is 3.22. The fourth-order valence-electron chi connectivity index (χ4n) is 5.22. The Labute approximate surface area is 248 Å². The first-order valence-corrected chi connectivity index (χ1v) is 13.6. The molecule has 5 rings (SSSR count). The Morgan fingerprint density at radius 1 is 0.953 bits per heavy atom. The number of ether oxygens (including phenoxy) is 5. The van der Waals surface area contributed by atoms with E-state index in [1.807, 2.05) is 78.9 Å². The number of rotatable bonds is 11. The van der Waals surface area contributed by atoms with Crippen LogP contribution < -0.4 is 25.5 Å². The van der Waals surface area contributed by atoms with Gasteiger partial charge in [-0.1, -0.05) is 60.5 Å². The molecule has 2 heterocycles. The van der Waals surface area contributed by atoms with Crippen LogP contribution in [0.2, 0.25) is 0 Å². The second-order valence-electron chi connectivity index (χ2n) is 9.90. The number of terminal acetylenes is 1. The highest BCUT2D eigenvalue weighted by Gasteiger charge is 2.42. The van der Waals surface area contributed by atoms with E-state index in [0.717, 1.165) is 16.7 Å². The third-order valence-corrected chi connectivity index (χ3v) is 7.40. The van der Waals surface area contributed by atoms with Gasteiger partial charge in [-0.3, -0.25) is 14.3 Å². The third-order valence-electron chi connectivity index (χ3n) is 7.40. The maximum atomic E-state index is 12.6. The van der Waals surface area contributed by atoms with E-state index in [2.05, 4.69) is 10.9 Å². The fraction of sp³-hybridized carbons (Fsp3) is 0.273. The molecular weight excluding hydrogens is 552 g/mol. The minimum atomic E-state index is -1.12. The highest BCUT2D eigenvalue weighted by atomic mass is 16.6. The van der Waals surface area contributed by atoms with E-state index < -0.39 is 35.3 Å². The van der Waals surface area contributed by atoms with Gasteiger partial charge in [0.05, 0.1) is 33.1 Å². The molecule has 0 amide bonds. The van der Waals surface area contributed by atoms with Crippen LogP contribution in [-0.4, -0.2) is 54.3 Å². The molecule has 3 atom stereocenters. The van der Waals surface area contributed by atoms with E-state index in [9.17, 15) is 14.7 Å². The summed E-state index contributed by atoms with van der Waals surface area (Å²) in [5, 5.41) is 11.0. The second-order valence-corrected chi connectivity index (χ2v) is 9.90. The van der Waals surface area contributed by atoms with Crippen molar-refractivity contribution in [1.82, 2.24) is 9.55 Å². The zero-order valence-electron chi connectivity index (χ0n) is 23.8. The minimum Gasteiger partial charge on any atom is -0.497 e. The highest BCUT2D eigenvalue weighted by molar-refractivity contribution is 5.49. The number of aromatic amines is 1. The summed E-state index contributed by atoms with van der Waals surface area (Å²) < 4.78 is 30.2. The molecule has 0 radical (unpaired) electrons. The van der Waals surface area contributed by atoms with Gasteiger partial charge in [0.2, 0.25) is 5.75 Å². The standard InChI is InChI=1S/C33H32N2O8/c1-4-18-41-28-20-35(32(38)34-31(28)37)30-19-27(36)29(43-30)21-42-33(22-8-6-5-7-9-22,23-10-14-25(39-2)15-11-23)24-12-16-26(40-3)17-13-24/h1,5-17,20,27,29-30,36H,18-19,21H2,2-3H3,(H,34,37,38)/t27-,29-,30-/m1/s1. The number of aliphatic hydroxyl groups excluding tert-OH is 1. The van der Waals surface area contributed by atoms with Crippen molar-refractivity contribution in [3.05, 3.63) is 123 Å². The summed E-state index contributed by atoms with van der Waals surface area (Å²) in [5.74, 6) is 3.53. The van der Waals surface area contributed by atoms with Crippen LogP contribution in [-0.2, 0) is 15.1 Å². The molecule has 3 aromatic carbocycles. The van der Waals surface area contributed by atoms with Crippen molar-refractivity contribution in [2.24, 2.45) is 0 Å². The van der Waals surface area contributed by atoms with Crippen LogP contribution in [0.3, 0.4) is 0 Å². The normalized spacial score (nSPS) is 18.1. The first-order chi connectivity index (χ1) is 20.9. The van der Waals surface area contributed by atoms with E-state index in [1.54, 1.807) is 14.2 Å². The molecule has 1 fully saturated rings. The second kappa shape index (κ2) is 13.0. The first kappa shape index (κ1) is 29.7. The van der Waals surface area contributed by atoms with E-state index in [1.165, 1.54) is 10.8 Å². The Morgan fingerprint density at radius 2 is 1.53 bits per heavy atom. The van der Waals surface area contributed by atoms with Crippen LogP contribution in [0.1, 0.15) is 29.3 Å². The lowest BCUT2D eigenvalue weighted by molar-refractivity contribution is -0.0945. The van der Waals surface area contributed by atoms with Gasteiger partial charge in [0, 0.05) is 6.42 Å². The number of aromatic nitrogens is 2. The zero-order chi connectivity index (χ0) is 30.4. The van der Waals surface area contributed by atoms with Crippen LogP contribution in [0.4, 0.5) is 0 Å². The summed E-state index contributed by atoms with van der Waals surface area (Å²) in [4.78, 5) is 27.0. The van der Waals surface area contributed by atoms with Gasteiger partial charge in [0.1, 0.15) is 36.0 Å². The van der Waals surface area contributed by atoms with Crippen LogP contribution in [0, 0.1) is 12.3 Å². The number of nitrogens with zero attached hydrogens (tertiary/aromatic N) is 1. The minimum absolute atomic E-state index is 0.0385. The molecule has 1 aliphatic rings. The smallest absolute Gasteiger partial charge is 0.330 e. The van der Waals surface area contributed by atoms with Crippen LogP contribution in [0.5, 0.6) is 17.2 Å². The summed E-state index contributed by atoms with van der Waals surface area (Å²) in [6.07, 6.45) is 3.90. The van der Waals surface area contributed by atoms with Crippen molar-refractivity contribution < 1.29 is 28.8 Å². The Balaban J connectivity index is 1.51. The summed E-state index contributed by atoms with van der Waals surface area (Å²) >= 11 is 0. The molecular formula is C33H32N2O8. The molecule has 10 nitrogen and oxygen atoms in total. The Hall–Kier alpha value is -4.82. The van der Waals surface area contributed by atoms with Crippen LogP contribution >= 0.6 is 0 Å². The quantitative estimate of drug-likeness (QED) is 0.204. The number of hydrogen-bond acceptors (Lipinski definition) is 8. The lowest BCUT2D eigenvalue weighted by atomic mass is 9.80. The maximum Gasteiger partial charge on any atom is 0.330 e. The van der Waals surface area contributed by atoms with Gasteiger partial charge >= 0.3 is 5.69 Å². The fourth-order valence-corrected chi connectivity index (χ4v) is 5.22. The predicted molar refractivity (Wildman–Crippen MR) is 158 cm³/mol. The van der Waals surface area contributed by atoms with Crippen molar-refractivity contribution in [3.63, 3.8) is 0 Å². The molecule has 0 bridgehead atoms. The third kappa shape index (κ3) is 6.05. The summed E-state index contributed by atoms with van der Waals surface area (Å²) in [6.45, 7) is -0.187. The van der Waals surface area contributed by atoms with E-state index >= 15 is 0 Å². The van der Waals surface area contributed by atoms with Gasteiger partial charge in [0.25, 0.3) is 5.56 Å². The topological polar surface area (TPSA) is 121 Å². The number of nitrogens with one attached hydrogen (secondary N) is 1. The van der Waals surface area contributed by atoms with Crippen LogP contribution in [0.25, 0.3) is 0 Å². The van der Waals surface area contributed by atoms with Gasteiger partial charge in [-0.25, -0.2) is 4.79 Å². The molecule has 10 heteroatoms. The molecule has 1 aliphatic heterocycles. The molecule has 0 unspecified atom stereocenters. The molecule has 43 heavy (non-hydrogen) atoms. The summed E-state index contributed by atoms with van der Waals surface area (Å²) in [7, 11) is 3.21. The Bertz CT molecular complexity index is 1630. The average Bonchev–Trinajstić information content (AvgIpc) is 3.41. The maximum absolute atomic E-state index is 12.6. The average molecular weight is 585 g/mol. The lowest BCUT2D eigenvalue weighted by Gasteiger charge is -2.37. The highest BCUT2D eigenvalue weighted by Crippen LogP contribution is 2.42. The summed E-state index contributed by atoms with van der Waals surface area (Å²) in [6, 6.07) is 24.9. The molecule has 0 spiro atoms. The SMILES string of the molecule is C#CCOc1cn([C@H]2C[C@@H](O)[C@@H](COC(c3ccccc3)(c3ccc(OC)cc3)c3ccc(OC)cc3)O2)c(=O)[nH]c1=O. The van der Waals surface area contributed by atoms with Gasteiger partial charge in [-0.15, -0.1) is 6.42 Å². The number of benzene rings is 3. The number of methoxy groups -OCH3 is 2. The van der Waals surface area contributed by atoms with Crippen molar-refractivity contribution >= 4 is 0 Å². The first-order valence-electron chi connectivity index (χ1n) is 13.6. The van der Waals surface area contributed by atoms with Crippen molar-refractivity contribution in [3.8, 4) is 29.6 Å². The molecule has 1 saturated heterocycles. The Kier molecular flexibility index (Phi) is 8.97. The van der Waals surface area contributed by atoms with E-state index in [0.29, 0.717) is 11.5 Å². The Morgan fingerprint density at radius 3 is 2.09 bits per heavy atom. The molecule has 0 saturated carbocycles. The number of H-pyrrole nitrogens is 1. The van der Waals surface area contributed by atoms with Crippen LogP contribution in [0.15, 0.2) is 94.6 Å². The van der Waals surface area contributed by atoms with Gasteiger partial charge in [-0.05, 0) is 41.0 Å². The number of hydrogen-bond donors (Lipinski definition) is 2. The molecule has 2 N–H and O–H groups in total. The zero-order valence-corrected chi connectivity index (χ0v) is 23.8. The molecule has 222 valence electrons. The van der Waals surface area contributed by atoms with Gasteiger partial charge < -0.3 is 28.8 Å². The van der Waals surface area contributed by atoms with Gasteiger partial charge in [-0.2, -0.15) is 0 Å². The molecule has 4 aromatic rings. The van der Waals surface area contributed by atoms with Gasteiger partial charge in [0.15, 0.2) is 0 Å². The van der Waals surface area contributed by atoms with Crippen molar-refractivity contribution in [2.75, 3.05) is 27.4 Å². The largest absolute Gasteiger partial charge is 0.497 e. The van der Waals surface area contributed by atoms with E-state index in [-0.39, 0.29) is 25.4 Å². The molecule has 0 aliphatic carbocycles.